The second-order valence-corrected chi connectivity index (χ2v) is 1.90. The van der Waals surface area contributed by atoms with Crippen LogP contribution in [0.25, 0.3) is 0 Å². The first-order valence-corrected chi connectivity index (χ1v) is 3.00. The highest BCUT2D eigenvalue weighted by atomic mass is 19.1. The highest BCUT2D eigenvalue weighted by Crippen LogP contribution is 2.02. The minimum Gasteiger partial charge on any atom is -0.447 e. The first kappa shape index (κ1) is 7.21. The van der Waals surface area contributed by atoms with E-state index in [4.69, 9.17) is 4.42 Å². The molecular weight excluding hydrogens is 135 g/mol. The molecule has 0 aliphatic heterocycles. The van der Waals surface area contributed by atoms with Crippen molar-refractivity contribution in [1.82, 2.24) is 10.3 Å². The molecule has 0 saturated carbocycles. The molecule has 0 atom stereocenters. The standard InChI is InChI=1S/C6H9FN2O/c1-8-3-6-9-5(2-7)4-10-6/h4,8H,2-3H2,1H3. The van der Waals surface area contributed by atoms with Crippen LogP contribution in [0, 0.1) is 0 Å². The number of nitrogens with one attached hydrogen (secondary N) is 1. The van der Waals surface area contributed by atoms with Gasteiger partial charge in [0.15, 0.2) is 0 Å². The zero-order valence-electron chi connectivity index (χ0n) is 5.72. The number of rotatable bonds is 3. The van der Waals surface area contributed by atoms with E-state index in [1.807, 2.05) is 0 Å². The van der Waals surface area contributed by atoms with Crippen molar-refractivity contribution in [1.29, 1.82) is 0 Å². The Bertz CT molecular complexity index is 199. The van der Waals surface area contributed by atoms with Crippen molar-refractivity contribution in [3.63, 3.8) is 0 Å². The van der Waals surface area contributed by atoms with Gasteiger partial charge in [0.1, 0.15) is 18.6 Å². The minimum absolute atomic E-state index is 0.352. The topological polar surface area (TPSA) is 38.1 Å². The van der Waals surface area contributed by atoms with E-state index in [0.29, 0.717) is 18.1 Å². The first-order chi connectivity index (χ1) is 4.86. The summed E-state index contributed by atoms with van der Waals surface area (Å²) in [5, 5.41) is 2.84. The Hall–Kier alpha value is -0.900. The van der Waals surface area contributed by atoms with Crippen molar-refractivity contribution in [2.24, 2.45) is 0 Å². The van der Waals surface area contributed by atoms with Gasteiger partial charge in [-0.25, -0.2) is 9.37 Å². The molecule has 10 heavy (non-hydrogen) atoms. The van der Waals surface area contributed by atoms with Gasteiger partial charge in [0, 0.05) is 0 Å². The Kier molecular flexibility index (Phi) is 2.39. The van der Waals surface area contributed by atoms with Crippen molar-refractivity contribution < 1.29 is 8.81 Å². The zero-order chi connectivity index (χ0) is 7.40. The second kappa shape index (κ2) is 3.31. The highest BCUT2D eigenvalue weighted by molar-refractivity contribution is 4.93. The van der Waals surface area contributed by atoms with Gasteiger partial charge in [0.05, 0.1) is 6.54 Å². The maximum Gasteiger partial charge on any atom is 0.208 e. The van der Waals surface area contributed by atoms with Crippen LogP contribution in [0.15, 0.2) is 10.7 Å². The molecule has 0 bridgehead atoms. The van der Waals surface area contributed by atoms with Crippen LogP contribution < -0.4 is 5.32 Å². The Labute approximate surface area is 58.3 Å². The summed E-state index contributed by atoms with van der Waals surface area (Å²) in [6.07, 6.45) is 1.33. The van der Waals surface area contributed by atoms with Crippen molar-refractivity contribution in [3.8, 4) is 0 Å². The normalized spacial score (nSPS) is 10.2. The second-order valence-electron chi connectivity index (χ2n) is 1.90. The average molecular weight is 144 g/mol. The molecule has 0 spiro atoms. The molecule has 0 radical (unpaired) electrons. The van der Waals surface area contributed by atoms with Gasteiger partial charge >= 0.3 is 0 Å². The van der Waals surface area contributed by atoms with E-state index in [0.717, 1.165) is 0 Å². The Morgan fingerprint density at radius 2 is 2.60 bits per heavy atom. The van der Waals surface area contributed by atoms with Crippen LogP contribution in [0.5, 0.6) is 0 Å². The van der Waals surface area contributed by atoms with E-state index in [-0.39, 0.29) is 0 Å². The van der Waals surface area contributed by atoms with Gasteiger partial charge in [-0.05, 0) is 7.05 Å². The summed E-state index contributed by atoms with van der Waals surface area (Å²) < 4.78 is 16.7. The molecule has 0 unspecified atom stereocenters. The molecule has 1 rings (SSSR count). The van der Waals surface area contributed by atoms with E-state index >= 15 is 0 Å². The quantitative estimate of drug-likeness (QED) is 0.683. The van der Waals surface area contributed by atoms with Crippen LogP contribution in [0.2, 0.25) is 0 Å². The molecule has 1 aromatic heterocycles. The zero-order valence-corrected chi connectivity index (χ0v) is 5.72. The summed E-state index contributed by atoms with van der Waals surface area (Å²) in [5.74, 6) is 0.523. The van der Waals surface area contributed by atoms with E-state index in [2.05, 4.69) is 10.3 Å². The number of hydrogen-bond donors (Lipinski definition) is 1. The lowest BCUT2D eigenvalue weighted by Gasteiger charge is -1.88. The smallest absolute Gasteiger partial charge is 0.208 e. The molecule has 1 N–H and O–H groups in total. The summed E-state index contributed by atoms with van der Waals surface area (Å²) in [4.78, 5) is 3.81. The predicted molar refractivity (Wildman–Crippen MR) is 34.1 cm³/mol. The molecule has 56 valence electrons. The number of alkyl halides is 1. The number of oxazole rings is 1. The molecule has 0 fully saturated rings. The van der Waals surface area contributed by atoms with Crippen LogP contribution in [-0.2, 0) is 13.2 Å². The summed E-state index contributed by atoms with van der Waals surface area (Å²) in [6.45, 7) is -0.0206. The lowest BCUT2D eigenvalue weighted by atomic mass is 10.5. The van der Waals surface area contributed by atoms with Gasteiger partial charge in [-0.3, -0.25) is 0 Å². The van der Waals surface area contributed by atoms with E-state index in [1.54, 1.807) is 7.05 Å². The SMILES string of the molecule is CNCc1nc(CF)co1. The summed E-state index contributed by atoms with van der Waals surface area (Å²) >= 11 is 0. The van der Waals surface area contributed by atoms with E-state index in [9.17, 15) is 4.39 Å². The van der Waals surface area contributed by atoms with Crippen LogP contribution in [0.3, 0.4) is 0 Å². The van der Waals surface area contributed by atoms with Gasteiger partial charge in [-0.15, -0.1) is 0 Å². The third-order valence-corrected chi connectivity index (χ3v) is 1.06. The van der Waals surface area contributed by atoms with Gasteiger partial charge in [-0.2, -0.15) is 0 Å². The number of hydrogen-bond acceptors (Lipinski definition) is 3. The van der Waals surface area contributed by atoms with Gasteiger partial charge < -0.3 is 9.73 Å². The summed E-state index contributed by atoms with van der Waals surface area (Å²) in [7, 11) is 1.78. The predicted octanol–water partition coefficient (Wildman–Crippen LogP) is 0.863. The van der Waals surface area contributed by atoms with Crippen LogP contribution >= 0.6 is 0 Å². The Morgan fingerprint density at radius 3 is 3.10 bits per heavy atom. The first-order valence-electron chi connectivity index (χ1n) is 3.00. The molecule has 1 aromatic rings. The van der Waals surface area contributed by atoms with Crippen molar-refractivity contribution >= 4 is 0 Å². The number of nitrogens with zero attached hydrogens (tertiary/aromatic N) is 1. The van der Waals surface area contributed by atoms with Gasteiger partial charge in [0.25, 0.3) is 0 Å². The molecule has 0 aliphatic carbocycles. The van der Waals surface area contributed by atoms with Crippen molar-refractivity contribution in [3.05, 3.63) is 17.8 Å². The summed E-state index contributed by atoms with van der Waals surface area (Å²) in [6, 6.07) is 0. The third kappa shape index (κ3) is 1.54. The monoisotopic (exact) mass is 144 g/mol. The van der Waals surface area contributed by atoms with Gasteiger partial charge in [-0.1, -0.05) is 0 Å². The molecule has 3 nitrogen and oxygen atoms in total. The molecule has 1 heterocycles. The van der Waals surface area contributed by atoms with Crippen LogP contribution in [-0.4, -0.2) is 12.0 Å². The fourth-order valence-electron chi connectivity index (χ4n) is 0.643. The van der Waals surface area contributed by atoms with Crippen LogP contribution in [0.1, 0.15) is 11.6 Å². The molecule has 0 saturated heterocycles. The lowest BCUT2D eigenvalue weighted by molar-refractivity contribution is 0.468. The Morgan fingerprint density at radius 1 is 1.80 bits per heavy atom. The number of halogens is 1. The molecular formula is C6H9FN2O. The molecule has 4 heteroatoms. The van der Waals surface area contributed by atoms with E-state index in [1.165, 1.54) is 6.26 Å². The molecule has 0 aromatic carbocycles. The lowest BCUT2D eigenvalue weighted by Crippen LogP contribution is -2.05. The van der Waals surface area contributed by atoms with Crippen molar-refractivity contribution in [2.45, 2.75) is 13.2 Å². The minimum atomic E-state index is -0.562. The van der Waals surface area contributed by atoms with Crippen molar-refractivity contribution in [2.75, 3.05) is 7.05 Å². The van der Waals surface area contributed by atoms with Gasteiger partial charge in [0.2, 0.25) is 5.89 Å². The largest absolute Gasteiger partial charge is 0.447 e. The molecule has 0 aliphatic rings. The fourth-order valence-corrected chi connectivity index (χ4v) is 0.643. The maximum atomic E-state index is 11.8. The maximum absolute atomic E-state index is 11.8. The summed E-state index contributed by atoms with van der Waals surface area (Å²) in [5.41, 5.74) is 0.352. The Balaban J connectivity index is 2.59. The average Bonchev–Trinajstić information content (AvgIpc) is 2.37. The van der Waals surface area contributed by atoms with E-state index < -0.39 is 6.67 Å². The fraction of sp³-hybridized carbons (Fsp3) is 0.500. The number of aromatic nitrogens is 1. The van der Waals surface area contributed by atoms with Crippen LogP contribution in [0.4, 0.5) is 4.39 Å². The third-order valence-electron chi connectivity index (χ3n) is 1.06. The molecule has 0 amide bonds. The highest BCUT2D eigenvalue weighted by Gasteiger charge is 2.00.